The summed E-state index contributed by atoms with van der Waals surface area (Å²) >= 11 is 6.28. The quantitative estimate of drug-likeness (QED) is 0.650. The summed E-state index contributed by atoms with van der Waals surface area (Å²) in [5, 5.41) is 11.8. The molecule has 0 amide bonds. The molecule has 0 unspecified atom stereocenters. The monoisotopic (exact) mass is 318 g/mol. The summed E-state index contributed by atoms with van der Waals surface area (Å²) in [6.45, 7) is 0.334. The molecule has 2 aromatic carbocycles. The number of ether oxygens (including phenoxy) is 1. The number of anilines is 1. The van der Waals surface area contributed by atoms with Gasteiger partial charge in [0.25, 0.3) is 0 Å². The van der Waals surface area contributed by atoms with Crippen LogP contribution >= 0.6 is 11.6 Å². The molecule has 0 heterocycles. The Labute approximate surface area is 135 Å². The topological polar surface area (TPSA) is 58.7 Å². The first-order valence-electron chi connectivity index (χ1n) is 7.28. The van der Waals surface area contributed by atoms with Crippen LogP contribution in [0, 0.1) is 0 Å². The molecular weight excluding hydrogens is 300 g/mol. The fourth-order valence-electron chi connectivity index (χ4n) is 2.55. The molecule has 5 heteroatoms. The maximum absolute atomic E-state index is 9.66. The van der Waals surface area contributed by atoms with E-state index in [1.807, 2.05) is 24.3 Å². The van der Waals surface area contributed by atoms with Gasteiger partial charge in [-0.15, -0.1) is 0 Å². The standard InChI is InChI=1S/C17H19ClN2O2/c1-20(19)16-4-2-3-15(18)14(16)10-22-17-8-7-12(21)9-13(17)11-5-6-11/h2-4,7-9,11,21H,5-6,10,19H2,1H3. The van der Waals surface area contributed by atoms with Crippen LogP contribution < -0.4 is 15.6 Å². The second kappa shape index (κ2) is 6.07. The molecule has 0 aliphatic heterocycles. The van der Waals surface area contributed by atoms with Crippen LogP contribution in [0.5, 0.6) is 11.5 Å². The van der Waals surface area contributed by atoms with Crippen molar-refractivity contribution in [3.8, 4) is 11.5 Å². The number of hydrogen-bond donors (Lipinski definition) is 2. The second-order valence-corrected chi connectivity index (χ2v) is 6.04. The predicted octanol–water partition coefficient (Wildman–Crippen LogP) is 3.81. The van der Waals surface area contributed by atoms with Crippen LogP contribution in [-0.4, -0.2) is 12.2 Å². The lowest BCUT2D eigenvalue weighted by Gasteiger charge is -2.19. The number of rotatable bonds is 5. The van der Waals surface area contributed by atoms with Gasteiger partial charge in [-0.3, -0.25) is 0 Å². The highest BCUT2D eigenvalue weighted by atomic mass is 35.5. The Bertz CT molecular complexity index is 684. The number of nitrogens with two attached hydrogens (primary N) is 1. The van der Waals surface area contributed by atoms with E-state index in [0.717, 1.165) is 35.4 Å². The molecule has 4 nitrogen and oxygen atoms in total. The molecule has 1 saturated carbocycles. The van der Waals surface area contributed by atoms with Crippen molar-refractivity contribution in [3.05, 3.63) is 52.5 Å². The van der Waals surface area contributed by atoms with Gasteiger partial charge >= 0.3 is 0 Å². The van der Waals surface area contributed by atoms with Gasteiger partial charge in [0.15, 0.2) is 0 Å². The normalized spacial score (nSPS) is 14.0. The molecule has 22 heavy (non-hydrogen) atoms. The van der Waals surface area contributed by atoms with Crippen LogP contribution in [0.25, 0.3) is 0 Å². The molecule has 3 N–H and O–H groups in total. The van der Waals surface area contributed by atoms with Crippen LogP contribution in [0.15, 0.2) is 36.4 Å². The molecule has 2 aromatic rings. The molecule has 116 valence electrons. The number of hydrazine groups is 1. The highest BCUT2D eigenvalue weighted by Crippen LogP contribution is 2.45. The SMILES string of the molecule is CN(N)c1cccc(Cl)c1COc1ccc(O)cc1C1CC1. The van der Waals surface area contributed by atoms with Crippen LogP contribution in [0.2, 0.25) is 5.02 Å². The van der Waals surface area contributed by atoms with Crippen molar-refractivity contribution in [1.29, 1.82) is 0 Å². The molecule has 1 aliphatic rings. The van der Waals surface area contributed by atoms with Gasteiger partial charge in [0.2, 0.25) is 0 Å². The van der Waals surface area contributed by atoms with Crippen molar-refractivity contribution in [2.45, 2.75) is 25.4 Å². The predicted molar refractivity (Wildman–Crippen MR) is 88.5 cm³/mol. The maximum Gasteiger partial charge on any atom is 0.123 e. The number of phenols is 1. The van der Waals surface area contributed by atoms with Crippen molar-refractivity contribution in [3.63, 3.8) is 0 Å². The van der Waals surface area contributed by atoms with E-state index < -0.39 is 0 Å². The summed E-state index contributed by atoms with van der Waals surface area (Å²) in [5.74, 6) is 7.41. The van der Waals surface area contributed by atoms with E-state index in [9.17, 15) is 5.11 Å². The van der Waals surface area contributed by atoms with Gasteiger partial charge in [-0.2, -0.15) is 0 Å². The Morgan fingerprint density at radius 2 is 2.09 bits per heavy atom. The number of halogens is 1. The average molecular weight is 319 g/mol. The van der Waals surface area contributed by atoms with Crippen molar-refractivity contribution < 1.29 is 9.84 Å². The maximum atomic E-state index is 9.66. The molecule has 3 rings (SSSR count). The summed E-state index contributed by atoms with van der Waals surface area (Å²) in [7, 11) is 1.77. The van der Waals surface area contributed by atoms with E-state index in [0.29, 0.717) is 17.5 Å². The van der Waals surface area contributed by atoms with Crippen LogP contribution in [0.1, 0.15) is 29.9 Å². The number of hydrogen-bond acceptors (Lipinski definition) is 4. The van der Waals surface area contributed by atoms with Gasteiger partial charge in [-0.1, -0.05) is 17.7 Å². The molecule has 0 atom stereocenters. The van der Waals surface area contributed by atoms with E-state index in [1.165, 1.54) is 5.01 Å². The molecule has 0 saturated heterocycles. The van der Waals surface area contributed by atoms with Crippen molar-refractivity contribution >= 4 is 17.3 Å². The first kappa shape index (κ1) is 15.0. The first-order chi connectivity index (χ1) is 10.6. The molecule has 0 aromatic heterocycles. The van der Waals surface area contributed by atoms with E-state index >= 15 is 0 Å². The molecule has 0 spiro atoms. The third kappa shape index (κ3) is 3.13. The second-order valence-electron chi connectivity index (χ2n) is 5.63. The van der Waals surface area contributed by atoms with Crippen LogP contribution in [0.4, 0.5) is 5.69 Å². The summed E-state index contributed by atoms with van der Waals surface area (Å²) in [4.78, 5) is 0. The van der Waals surface area contributed by atoms with Crippen LogP contribution in [-0.2, 0) is 6.61 Å². The van der Waals surface area contributed by atoms with E-state index in [-0.39, 0.29) is 5.75 Å². The third-order valence-corrected chi connectivity index (χ3v) is 4.21. The minimum atomic E-state index is 0.273. The zero-order valence-electron chi connectivity index (χ0n) is 12.4. The van der Waals surface area contributed by atoms with E-state index in [4.69, 9.17) is 22.2 Å². The lowest BCUT2D eigenvalue weighted by atomic mass is 10.1. The molecule has 0 radical (unpaired) electrons. The fourth-order valence-corrected chi connectivity index (χ4v) is 2.78. The summed E-state index contributed by atoms with van der Waals surface area (Å²) in [6.07, 6.45) is 2.28. The third-order valence-electron chi connectivity index (χ3n) is 3.86. The number of phenolic OH excluding ortho intramolecular Hbond substituents is 1. The van der Waals surface area contributed by atoms with Gasteiger partial charge < -0.3 is 14.9 Å². The van der Waals surface area contributed by atoms with Gasteiger partial charge in [-0.25, -0.2) is 5.84 Å². The Kier molecular flexibility index (Phi) is 4.14. The highest BCUT2D eigenvalue weighted by Gasteiger charge is 2.27. The fraction of sp³-hybridized carbons (Fsp3) is 0.294. The zero-order chi connectivity index (χ0) is 15.7. The van der Waals surface area contributed by atoms with Crippen molar-refractivity contribution in [2.24, 2.45) is 5.84 Å². The Balaban J connectivity index is 1.84. The zero-order valence-corrected chi connectivity index (χ0v) is 13.2. The minimum Gasteiger partial charge on any atom is -0.508 e. The minimum absolute atomic E-state index is 0.273. The summed E-state index contributed by atoms with van der Waals surface area (Å²) < 4.78 is 5.97. The Morgan fingerprint density at radius 3 is 2.77 bits per heavy atom. The number of nitrogens with zero attached hydrogens (tertiary/aromatic N) is 1. The average Bonchev–Trinajstić information content (AvgIpc) is 3.31. The molecular formula is C17H19ClN2O2. The lowest BCUT2D eigenvalue weighted by molar-refractivity contribution is 0.302. The van der Waals surface area contributed by atoms with Crippen LogP contribution in [0.3, 0.4) is 0 Å². The summed E-state index contributed by atoms with van der Waals surface area (Å²) in [5.41, 5.74) is 2.75. The van der Waals surface area contributed by atoms with Gasteiger partial charge in [-0.05, 0) is 49.1 Å². The summed E-state index contributed by atoms with van der Waals surface area (Å²) in [6, 6.07) is 10.8. The molecule has 0 bridgehead atoms. The van der Waals surface area contributed by atoms with Crippen molar-refractivity contribution in [1.82, 2.24) is 0 Å². The molecule has 1 fully saturated rings. The largest absolute Gasteiger partial charge is 0.508 e. The molecule has 1 aliphatic carbocycles. The van der Waals surface area contributed by atoms with E-state index in [2.05, 4.69) is 0 Å². The van der Waals surface area contributed by atoms with Gasteiger partial charge in [0.1, 0.15) is 18.1 Å². The van der Waals surface area contributed by atoms with Crippen molar-refractivity contribution in [2.75, 3.05) is 12.1 Å². The van der Waals surface area contributed by atoms with E-state index in [1.54, 1.807) is 19.2 Å². The smallest absolute Gasteiger partial charge is 0.123 e. The Morgan fingerprint density at radius 1 is 1.32 bits per heavy atom. The highest BCUT2D eigenvalue weighted by molar-refractivity contribution is 6.31. The number of aromatic hydroxyl groups is 1. The first-order valence-corrected chi connectivity index (χ1v) is 7.65. The van der Waals surface area contributed by atoms with Gasteiger partial charge in [0.05, 0.1) is 5.69 Å². The Hall–Kier alpha value is -1.91. The number of benzene rings is 2. The van der Waals surface area contributed by atoms with Gasteiger partial charge in [0, 0.05) is 23.2 Å². The lowest BCUT2D eigenvalue weighted by Crippen LogP contribution is -2.26.